The Morgan fingerprint density at radius 2 is 1.93 bits per heavy atom. The summed E-state index contributed by atoms with van der Waals surface area (Å²) in [4.78, 5) is 12.2. The SMILES string of the molecule is C[C@H](Oc1ccccc1Cl)c1nnc(SCC(=O)Nc2ccc(Cl)cc2Cl)n1C. The summed E-state index contributed by atoms with van der Waals surface area (Å²) >= 11 is 19.3. The average Bonchev–Trinajstić information content (AvgIpc) is 3.05. The summed E-state index contributed by atoms with van der Waals surface area (Å²) in [6, 6.07) is 12.1. The van der Waals surface area contributed by atoms with E-state index >= 15 is 0 Å². The number of carbonyl (C=O) groups is 1. The molecule has 0 spiro atoms. The monoisotopic (exact) mass is 470 g/mol. The second-order valence-electron chi connectivity index (χ2n) is 6.05. The molecule has 3 rings (SSSR count). The van der Waals surface area contributed by atoms with Crippen molar-refractivity contribution in [3.8, 4) is 5.75 Å². The summed E-state index contributed by atoms with van der Waals surface area (Å²) in [5, 5.41) is 13.1. The summed E-state index contributed by atoms with van der Waals surface area (Å²) in [5.41, 5.74) is 0.502. The maximum absolute atomic E-state index is 12.2. The number of rotatable bonds is 7. The van der Waals surface area contributed by atoms with Gasteiger partial charge in [0.15, 0.2) is 17.1 Å². The van der Waals surface area contributed by atoms with E-state index in [4.69, 9.17) is 39.5 Å². The van der Waals surface area contributed by atoms with Gasteiger partial charge in [-0.1, -0.05) is 58.7 Å². The van der Waals surface area contributed by atoms with Gasteiger partial charge < -0.3 is 14.6 Å². The average molecular weight is 472 g/mol. The number of amides is 1. The number of para-hydroxylation sites is 1. The zero-order valence-corrected chi connectivity index (χ0v) is 18.6. The smallest absolute Gasteiger partial charge is 0.234 e. The van der Waals surface area contributed by atoms with Crippen LogP contribution in [0.4, 0.5) is 5.69 Å². The normalized spacial score (nSPS) is 11.9. The Hall–Kier alpha value is -1.93. The van der Waals surface area contributed by atoms with Gasteiger partial charge in [-0.25, -0.2) is 0 Å². The predicted octanol–water partition coefficient (Wildman–Crippen LogP) is 5.65. The van der Waals surface area contributed by atoms with Crippen LogP contribution in [-0.2, 0) is 11.8 Å². The number of nitrogens with one attached hydrogen (secondary N) is 1. The van der Waals surface area contributed by atoms with Crippen LogP contribution >= 0.6 is 46.6 Å². The molecule has 0 radical (unpaired) electrons. The minimum absolute atomic E-state index is 0.144. The van der Waals surface area contributed by atoms with E-state index in [1.165, 1.54) is 11.8 Å². The van der Waals surface area contributed by atoms with E-state index in [9.17, 15) is 4.79 Å². The maximum Gasteiger partial charge on any atom is 0.234 e. The minimum atomic E-state index is -0.372. The molecular weight excluding hydrogens is 455 g/mol. The number of carbonyl (C=O) groups excluding carboxylic acids is 1. The van der Waals surface area contributed by atoms with Crippen molar-refractivity contribution in [1.29, 1.82) is 0 Å². The molecule has 1 aromatic heterocycles. The van der Waals surface area contributed by atoms with Gasteiger partial charge in [0.2, 0.25) is 5.91 Å². The lowest BCUT2D eigenvalue weighted by atomic mass is 10.3. The Bertz CT molecular complexity index is 1030. The highest BCUT2D eigenvalue weighted by Crippen LogP contribution is 2.29. The summed E-state index contributed by atoms with van der Waals surface area (Å²) in [6.07, 6.45) is -0.372. The molecule has 0 bridgehead atoms. The van der Waals surface area contributed by atoms with Crippen LogP contribution in [-0.4, -0.2) is 26.4 Å². The second-order valence-corrected chi connectivity index (χ2v) is 8.24. The molecule has 0 saturated heterocycles. The number of hydrogen-bond donors (Lipinski definition) is 1. The summed E-state index contributed by atoms with van der Waals surface area (Å²) in [7, 11) is 1.82. The Morgan fingerprint density at radius 1 is 1.17 bits per heavy atom. The van der Waals surface area contributed by atoms with Gasteiger partial charge in [0, 0.05) is 12.1 Å². The van der Waals surface area contributed by atoms with Gasteiger partial charge in [0.25, 0.3) is 0 Å². The number of hydrogen-bond acceptors (Lipinski definition) is 5. The molecule has 152 valence electrons. The van der Waals surface area contributed by atoms with Crippen LogP contribution in [0.15, 0.2) is 47.6 Å². The van der Waals surface area contributed by atoms with E-state index < -0.39 is 0 Å². The van der Waals surface area contributed by atoms with Crippen molar-refractivity contribution in [1.82, 2.24) is 14.8 Å². The van der Waals surface area contributed by atoms with Crippen LogP contribution in [0.1, 0.15) is 18.9 Å². The van der Waals surface area contributed by atoms with E-state index in [-0.39, 0.29) is 17.8 Å². The highest BCUT2D eigenvalue weighted by Gasteiger charge is 2.19. The van der Waals surface area contributed by atoms with Gasteiger partial charge in [0.05, 0.1) is 21.5 Å². The van der Waals surface area contributed by atoms with Crippen LogP contribution in [0.5, 0.6) is 5.75 Å². The second kappa shape index (κ2) is 9.71. The van der Waals surface area contributed by atoms with Crippen LogP contribution < -0.4 is 10.1 Å². The van der Waals surface area contributed by atoms with Crippen molar-refractivity contribution in [2.75, 3.05) is 11.1 Å². The van der Waals surface area contributed by atoms with E-state index in [2.05, 4.69) is 15.5 Å². The van der Waals surface area contributed by atoms with E-state index in [0.717, 1.165) is 0 Å². The van der Waals surface area contributed by atoms with E-state index in [1.54, 1.807) is 34.9 Å². The fourth-order valence-electron chi connectivity index (χ4n) is 2.50. The van der Waals surface area contributed by atoms with Crippen molar-refractivity contribution >= 4 is 58.2 Å². The number of thioether (sulfide) groups is 1. The highest BCUT2D eigenvalue weighted by molar-refractivity contribution is 7.99. The molecular formula is C19H17Cl3N4O2S. The fourth-order valence-corrected chi connectivity index (χ4v) is 3.85. The molecule has 0 fully saturated rings. The molecule has 1 N–H and O–H groups in total. The summed E-state index contributed by atoms with van der Waals surface area (Å²) in [5.74, 6) is 1.11. The number of anilines is 1. The van der Waals surface area contributed by atoms with Gasteiger partial charge in [-0.15, -0.1) is 10.2 Å². The third-order valence-corrected chi connectivity index (χ3v) is 5.79. The van der Waals surface area contributed by atoms with Gasteiger partial charge in [-0.05, 0) is 37.3 Å². The number of benzene rings is 2. The summed E-state index contributed by atoms with van der Waals surface area (Å²) in [6.45, 7) is 1.86. The van der Waals surface area contributed by atoms with Crippen molar-refractivity contribution in [2.45, 2.75) is 18.2 Å². The Morgan fingerprint density at radius 3 is 2.66 bits per heavy atom. The third kappa shape index (κ3) is 5.57. The zero-order chi connectivity index (χ0) is 21.0. The topological polar surface area (TPSA) is 69.0 Å². The molecule has 29 heavy (non-hydrogen) atoms. The first kappa shape index (κ1) is 21.8. The van der Waals surface area contributed by atoms with Crippen LogP contribution in [0.2, 0.25) is 15.1 Å². The largest absolute Gasteiger partial charge is 0.481 e. The molecule has 3 aromatic rings. The standard InChI is InChI=1S/C19H17Cl3N4O2S/c1-11(28-16-6-4-3-5-13(16)21)18-24-25-19(26(18)2)29-10-17(27)23-15-8-7-12(20)9-14(15)22/h3-9,11H,10H2,1-2H3,(H,23,27)/t11-/m0/s1. The Balaban J connectivity index is 1.60. The quantitative estimate of drug-likeness (QED) is 0.451. The molecule has 1 amide bonds. The van der Waals surface area contributed by atoms with Gasteiger partial charge >= 0.3 is 0 Å². The van der Waals surface area contributed by atoms with Crippen molar-refractivity contribution in [2.24, 2.45) is 7.05 Å². The Kier molecular flexibility index (Phi) is 7.29. The van der Waals surface area contributed by atoms with E-state index in [0.29, 0.717) is 37.5 Å². The molecule has 0 unspecified atom stereocenters. The molecule has 6 nitrogen and oxygen atoms in total. The number of ether oxygens (including phenoxy) is 1. The fraction of sp³-hybridized carbons (Fsp3) is 0.211. The summed E-state index contributed by atoms with van der Waals surface area (Å²) < 4.78 is 7.67. The first-order valence-electron chi connectivity index (χ1n) is 8.53. The number of aromatic nitrogens is 3. The maximum atomic E-state index is 12.2. The van der Waals surface area contributed by atoms with Crippen molar-refractivity contribution < 1.29 is 9.53 Å². The third-order valence-electron chi connectivity index (χ3n) is 3.91. The molecule has 1 atom stereocenters. The van der Waals surface area contributed by atoms with Crippen molar-refractivity contribution in [3.05, 3.63) is 63.4 Å². The van der Waals surface area contributed by atoms with Gasteiger partial charge in [0.1, 0.15) is 5.75 Å². The highest BCUT2D eigenvalue weighted by atomic mass is 35.5. The van der Waals surface area contributed by atoms with Crippen LogP contribution in [0, 0.1) is 0 Å². The first-order chi connectivity index (χ1) is 13.8. The van der Waals surface area contributed by atoms with E-state index in [1.807, 2.05) is 26.1 Å². The minimum Gasteiger partial charge on any atom is -0.481 e. The Labute approximate surface area is 187 Å². The number of halogens is 3. The first-order valence-corrected chi connectivity index (χ1v) is 10.6. The van der Waals surface area contributed by atoms with Gasteiger partial charge in [-0.2, -0.15) is 0 Å². The molecule has 0 aliphatic rings. The molecule has 2 aromatic carbocycles. The molecule has 0 saturated carbocycles. The molecule has 0 aliphatic carbocycles. The molecule has 1 heterocycles. The molecule has 0 aliphatic heterocycles. The molecule has 10 heteroatoms. The zero-order valence-electron chi connectivity index (χ0n) is 15.5. The predicted molar refractivity (Wildman–Crippen MR) is 117 cm³/mol. The van der Waals surface area contributed by atoms with Gasteiger partial charge in [-0.3, -0.25) is 4.79 Å². The lowest BCUT2D eigenvalue weighted by molar-refractivity contribution is -0.113. The van der Waals surface area contributed by atoms with Crippen LogP contribution in [0.3, 0.4) is 0 Å². The van der Waals surface area contributed by atoms with Crippen molar-refractivity contribution in [3.63, 3.8) is 0 Å². The lowest BCUT2D eigenvalue weighted by Crippen LogP contribution is -2.15. The lowest BCUT2D eigenvalue weighted by Gasteiger charge is -2.15. The van der Waals surface area contributed by atoms with Crippen LogP contribution in [0.25, 0.3) is 0 Å². The number of nitrogens with zero attached hydrogens (tertiary/aromatic N) is 3.